The molecule has 0 unspecified atom stereocenters. The van der Waals surface area contributed by atoms with Crippen LogP contribution in [0.15, 0.2) is 36.4 Å². The second kappa shape index (κ2) is 7.80. The highest BCUT2D eigenvalue weighted by Gasteiger charge is 2.16. The molecule has 0 aliphatic rings. The summed E-state index contributed by atoms with van der Waals surface area (Å²) in [5, 5.41) is 13.7. The number of nitrogens with one attached hydrogen (secondary N) is 1. The van der Waals surface area contributed by atoms with Gasteiger partial charge in [0.2, 0.25) is 5.91 Å². The number of amides is 1. The van der Waals surface area contributed by atoms with Crippen LogP contribution in [0.1, 0.15) is 0 Å². The van der Waals surface area contributed by atoms with Crippen LogP contribution in [-0.4, -0.2) is 31.5 Å². The van der Waals surface area contributed by atoms with Crippen molar-refractivity contribution in [2.45, 2.75) is 0 Å². The van der Waals surface area contributed by atoms with E-state index in [-0.39, 0.29) is 17.9 Å². The number of benzene rings is 2. The lowest BCUT2D eigenvalue weighted by Gasteiger charge is -2.19. The van der Waals surface area contributed by atoms with E-state index < -0.39 is 16.6 Å². The van der Waals surface area contributed by atoms with Gasteiger partial charge in [-0.2, -0.15) is 0 Å². The smallest absolute Gasteiger partial charge is 0.272 e. The molecule has 132 valence electrons. The Morgan fingerprint density at radius 1 is 1.36 bits per heavy atom. The summed E-state index contributed by atoms with van der Waals surface area (Å²) in [5.74, 6) is -0.785. The topological polar surface area (TPSA) is 84.7 Å². The zero-order valence-electron chi connectivity index (χ0n) is 13.5. The SMILES string of the molecule is COc1ccc(Cl)cc1NC(=O)CN(C)c1ccc([N+](=O)[O-])cc1F. The molecule has 9 heteroatoms. The minimum Gasteiger partial charge on any atom is -0.495 e. The number of nitro groups is 1. The van der Waals surface area contributed by atoms with Crippen LogP contribution in [0.4, 0.5) is 21.5 Å². The van der Waals surface area contributed by atoms with Crippen molar-refractivity contribution in [1.29, 1.82) is 0 Å². The van der Waals surface area contributed by atoms with Crippen molar-refractivity contribution in [2.24, 2.45) is 0 Å². The van der Waals surface area contributed by atoms with E-state index in [2.05, 4.69) is 5.32 Å². The van der Waals surface area contributed by atoms with Gasteiger partial charge in [-0.05, 0) is 24.3 Å². The Hall–Kier alpha value is -2.87. The van der Waals surface area contributed by atoms with Gasteiger partial charge in [-0.3, -0.25) is 14.9 Å². The molecule has 0 heterocycles. The normalized spacial score (nSPS) is 10.2. The molecule has 0 saturated carbocycles. The Bertz CT molecular complexity index is 816. The molecule has 7 nitrogen and oxygen atoms in total. The monoisotopic (exact) mass is 367 g/mol. The summed E-state index contributed by atoms with van der Waals surface area (Å²) in [6.07, 6.45) is 0. The van der Waals surface area contributed by atoms with E-state index >= 15 is 0 Å². The highest BCUT2D eigenvalue weighted by Crippen LogP contribution is 2.28. The number of nitrogens with zero attached hydrogens (tertiary/aromatic N) is 2. The summed E-state index contributed by atoms with van der Waals surface area (Å²) < 4.78 is 19.1. The van der Waals surface area contributed by atoms with Crippen LogP contribution in [0.3, 0.4) is 0 Å². The third-order valence-corrected chi connectivity index (χ3v) is 3.60. The largest absolute Gasteiger partial charge is 0.495 e. The minimum atomic E-state index is -0.787. The van der Waals surface area contributed by atoms with Gasteiger partial charge in [0.25, 0.3) is 5.69 Å². The summed E-state index contributed by atoms with van der Waals surface area (Å²) in [6.45, 7) is -0.176. The quantitative estimate of drug-likeness (QED) is 0.624. The molecule has 2 aromatic carbocycles. The maximum atomic E-state index is 14.0. The average Bonchev–Trinajstić information content (AvgIpc) is 2.54. The molecule has 2 aromatic rings. The molecule has 0 aromatic heterocycles. The number of methoxy groups -OCH3 is 1. The molecule has 0 fully saturated rings. The van der Waals surface area contributed by atoms with Crippen LogP contribution in [-0.2, 0) is 4.79 Å². The maximum Gasteiger partial charge on any atom is 0.272 e. The van der Waals surface area contributed by atoms with Gasteiger partial charge in [0.15, 0.2) is 5.82 Å². The van der Waals surface area contributed by atoms with Gasteiger partial charge in [0.1, 0.15) is 5.75 Å². The van der Waals surface area contributed by atoms with E-state index in [9.17, 15) is 19.3 Å². The predicted molar refractivity (Wildman–Crippen MR) is 93.0 cm³/mol. The fourth-order valence-electron chi connectivity index (χ4n) is 2.19. The fourth-order valence-corrected chi connectivity index (χ4v) is 2.36. The average molecular weight is 368 g/mol. The molecule has 0 spiro atoms. The van der Waals surface area contributed by atoms with Crippen molar-refractivity contribution in [3.8, 4) is 5.75 Å². The molecule has 0 bridgehead atoms. The van der Waals surface area contributed by atoms with Gasteiger partial charge in [-0.1, -0.05) is 11.6 Å². The van der Waals surface area contributed by atoms with Crippen molar-refractivity contribution >= 4 is 34.6 Å². The van der Waals surface area contributed by atoms with Crippen LogP contribution < -0.4 is 15.0 Å². The molecular weight excluding hydrogens is 353 g/mol. The van der Waals surface area contributed by atoms with Crippen molar-refractivity contribution in [2.75, 3.05) is 30.9 Å². The van der Waals surface area contributed by atoms with Gasteiger partial charge in [-0.15, -0.1) is 0 Å². The van der Waals surface area contributed by atoms with Gasteiger partial charge in [0, 0.05) is 18.1 Å². The molecule has 25 heavy (non-hydrogen) atoms. The first-order chi connectivity index (χ1) is 11.8. The zero-order valence-corrected chi connectivity index (χ0v) is 14.2. The molecule has 0 atom stereocenters. The molecule has 0 aliphatic carbocycles. The second-order valence-corrected chi connectivity index (χ2v) is 5.58. The van der Waals surface area contributed by atoms with E-state index in [1.165, 1.54) is 37.3 Å². The number of ether oxygens (including phenoxy) is 1. The standard InChI is InChI=1S/C16H15ClFN3O4/c1-20(14-5-4-11(21(23)24)8-12(14)18)9-16(22)19-13-7-10(17)3-6-15(13)25-2/h3-8H,9H2,1-2H3,(H,19,22). The summed E-state index contributed by atoms with van der Waals surface area (Å²) >= 11 is 5.90. The number of nitro benzene ring substituents is 1. The Morgan fingerprint density at radius 3 is 2.68 bits per heavy atom. The third-order valence-electron chi connectivity index (χ3n) is 3.37. The minimum absolute atomic E-state index is 0.0683. The number of hydrogen-bond acceptors (Lipinski definition) is 5. The van der Waals surface area contributed by atoms with E-state index in [1.54, 1.807) is 12.1 Å². The Kier molecular flexibility index (Phi) is 5.76. The van der Waals surface area contributed by atoms with Gasteiger partial charge < -0.3 is 15.0 Å². The van der Waals surface area contributed by atoms with Crippen molar-refractivity contribution in [1.82, 2.24) is 0 Å². The highest BCUT2D eigenvalue weighted by atomic mass is 35.5. The molecule has 0 aliphatic heterocycles. The molecule has 0 saturated heterocycles. The van der Waals surface area contributed by atoms with E-state index in [4.69, 9.17) is 16.3 Å². The molecule has 2 rings (SSSR count). The second-order valence-electron chi connectivity index (χ2n) is 5.14. The summed E-state index contributed by atoms with van der Waals surface area (Å²) in [7, 11) is 2.95. The number of carbonyl (C=O) groups excluding carboxylic acids is 1. The number of anilines is 2. The highest BCUT2D eigenvalue weighted by molar-refractivity contribution is 6.31. The molecular formula is C16H15ClFN3O4. The van der Waals surface area contributed by atoms with Crippen LogP contribution in [0.5, 0.6) is 5.75 Å². The molecule has 1 N–H and O–H groups in total. The number of non-ortho nitro benzene ring substituents is 1. The number of likely N-dealkylation sites (N-methyl/N-ethyl adjacent to an activating group) is 1. The fraction of sp³-hybridized carbons (Fsp3) is 0.188. The van der Waals surface area contributed by atoms with Crippen LogP contribution in [0.25, 0.3) is 0 Å². The van der Waals surface area contributed by atoms with Crippen LogP contribution in [0, 0.1) is 15.9 Å². The Labute approximate surface area is 148 Å². The van der Waals surface area contributed by atoms with Gasteiger partial charge in [-0.25, -0.2) is 4.39 Å². The predicted octanol–water partition coefficient (Wildman–Crippen LogP) is 3.47. The summed E-state index contributed by atoms with van der Waals surface area (Å²) in [5.41, 5.74) is 0.0964. The van der Waals surface area contributed by atoms with Gasteiger partial charge >= 0.3 is 0 Å². The van der Waals surface area contributed by atoms with Crippen molar-refractivity contribution < 1.29 is 18.8 Å². The van der Waals surface area contributed by atoms with Gasteiger partial charge in [0.05, 0.1) is 36.0 Å². The molecule has 1 amide bonds. The lowest BCUT2D eigenvalue weighted by molar-refractivity contribution is -0.385. The third kappa shape index (κ3) is 4.57. The van der Waals surface area contributed by atoms with E-state index in [0.717, 1.165) is 6.07 Å². The number of rotatable bonds is 6. The lowest BCUT2D eigenvalue weighted by Crippen LogP contribution is -2.30. The van der Waals surface area contributed by atoms with E-state index in [0.29, 0.717) is 16.5 Å². The summed E-state index contributed by atoms with van der Waals surface area (Å²) in [4.78, 5) is 23.5. The first-order valence-electron chi connectivity index (χ1n) is 7.10. The van der Waals surface area contributed by atoms with Crippen molar-refractivity contribution in [3.63, 3.8) is 0 Å². The van der Waals surface area contributed by atoms with E-state index in [1.807, 2.05) is 0 Å². The number of hydrogen-bond donors (Lipinski definition) is 1. The number of halogens is 2. The Morgan fingerprint density at radius 2 is 2.08 bits per heavy atom. The van der Waals surface area contributed by atoms with Crippen molar-refractivity contribution in [3.05, 3.63) is 57.4 Å². The van der Waals surface area contributed by atoms with Crippen LogP contribution in [0.2, 0.25) is 5.02 Å². The Balaban J connectivity index is 2.10. The number of carbonyl (C=O) groups is 1. The lowest BCUT2D eigenvalue weighted by atomic mass is 10.2. The first kappa shape index (κ1) is 18.5. The summed E-state index contributed by atoms with van der Waals surface area (Å²) in [6, 6.07) is 7.99. The van der Waals surface area contributed by atoms with Crippen LogP contribution >= 0.6 is 11.6 Å². The zero-order chi connectivity index (χ0) is 18.6. The first-order valence-corrected chi connectivity index (χ1v) is 7.48. The molecule has 0 radical (unpaired) electrons. The maximum absolute atomic E-state index is 14.0.